The number of ether oxygens (including phenoxy) is 2. The van der Waals surface area contributed by atoms with Crippen LogP contribution in [-0.4, -0.2) is 29.6 Å². The molecule has 2 saturated carbocycles. The highest BCUT2D eigenvalue weighted by Gasteiger charge is 2.73. The molecular weight excluding hydrogens is 487 g/mol. The summed E-state index contributed by atoms with van der Waals surface area (Å²) in [5.41, 5.74) is 1.68. The van der Waals surface area contributed by atoms with Gasteiger partial charge in [0.25, 0.3) is 11.8 Å². The SMILES string of the molecule is CCOc1cc(/C=N\N2C(=O)[C@@H]3[C@@H](C2=O)[C@H]2C=C[C@H]3C23CC3)ccc1OCc1ccc(Cl)cc1Cl. The Balaban J connectivity index is 1.18. The Labute approximate surface area is 213 Å². The molecule has 1 saturated heterocycles. The van der Waals surface area contributed by atoms with Crippen LogP contribution in [0, 0.1) is 29.1 Å². The van der Waals surface area contributed by atoms with Gasteiger partial charge in [0, 0.05) is 15.6 Å². The minimum atomic E-state index is -0.258. The largest absolute Gasteiger partial charge is 0.490 e. The lowest BCUT2D eigenvalue weighted by Crippen LogP contribution is -2.30. The molecule has 0 aromatic heterocycles. The number of amides is 2. The summed E-state index contributed by atoms with van der Waals surface area (Å²) in [5.74, 6) is 0.589. The lowest BCUT2D eigenvalue weighted by atomic mass is 9.85. The van der Waals surface area contributed by atoms with Gasteiger partial charge in [-0.1, -0.05) is 41.4 Å². The molecule has 1 spiro atoms. The monoisotopic (exact) mass is 510 g/mol. The number of carbonyl (C=O) groups is 2. The van der Waals surface area contributed by atoms with Crippen molar-refractivity contribution in [1.82, 2.24) is 5.01 Å². The van der Waals surface area contributed by atoms with E-state index in [1.165, 1.54) is 6.21 Å². The van der Waals surface area contributed by atoms with Crippen LogP contribution in [0.25, 0.3) is 0 Å². The fourth-order valence-electron chi connectivity index (χ4n) is 6.09. The van der Waals surface area contributed by atoms with Crippen molar-refractivity contribution in [3.63, 3.8) is 0 Å². The number of rotatable bonds is 7. The average molecular weight is 511 g/mol. The standard InChI is InChI=1S/C27H24Cl2N2O4/c1-2-34-22-11-15(3-8-21(22)35-14-16-4-5-17(28)12-20(16)29)13-30-31-25(32)23-18-6-7-19(24(23)26(31)33)27(18)9-10-27/h3-8,11-13,18-19,23-24H,2,9-10,14H2,1H3/b30-13-/t18-,19-,23+,24+/m1/s1. The van der Waals surface area contributed by atoms with E-state index in [1.807, 2.05) is 13.0 Å². The van der Waals surface area contributed by atoms with Crippen molar-refractivity contribution in [2.24, 2.45) is 34.2 Å². The second-order valence-corrected chi connectivity index (χ2v) is 10.5. The van der Waals surface area contributed by atoms with Crippen molar-refractivity contribution in [3.05, 3.63) is 69.7 Å². The maximum atomic E-state index is 13.1. The van der Waals surface area contributed by atoms with Gasteiger partial charge in [0.15, 0.2) is 11.5 Å². The minimum absolute atomic E-state index is 0.176. The average Bonchev–Trinajstić information content (AvgIpc) is 3.44. The van der Waals surface area contributed by atoms with Crippen LogP contribution in [0.1, 0.15) is 30.9 Å². The Morgan fingerprint density at radius 3 is 2.34 bits per heavy atom. The summed E-state index contributed by atoms with van der Waals surface area (Å²) in [6.07, 6.45) is 8.07. The van der Waals surface area contributed by atoms with Gasteiger partial charge in [-0.2, -0.15) is 10.1 Å². The number of hydrazone groups is 1. The van der Waals surface area contributed by atoms with Gasteiger partial charge < -0.3 is 9.47 Å². The first-order chi connectivity index (χ1) is 16.9. The van der Waals surface area contributed by atoms with E-state index in [2.05, 4.69) is 17.3 Å². The molecule has 180 valence electrons. The van der Waals surface area contributed by atoms with E-state index >= 15 is 0 Å². The van der Waals surface area contributed by atoms with Gasteiger partial charge in [-0.05, 0) is 72.9 Å². The smallest absolute Gasteiger partial charge is 0.254 e. The highest BCUT2D eigenvalue weighted by molar-refractivity contribution is 6.35. The van der Waals surface area contributed by atoms with Crippen molar-refractivity contribution >= 4 is 41.2 Å². The number of nitrogens with zero attached hydrogens (tertiary/aromatic N) is 2. The molecule has 1 heterocycles. The highest BCUT2D eigenvalue weighted by Crippen LogP contribution is 2.73. The molecule has 6 rings (SSSR count). The first kappa shape index (κ1) is 22.6. The highest BCUT2D eigenvalue weighted by atomic mass is 35.5. The number of allylic oxidation sites excluding steroid dienone is 2. The van der Waals surface area contributed by atoms with E-state index in [0.717, 1.165) is 23.4 Å². The summed E-state index contributed by atoms with van der Waals surface area (Å²) in [6, 6.07) is 10.6. The predicted octanol–water partition coefficient (Wildman–Crippen LogP) is 5.50. The summed E-state index contributed by atoms with van der Waals surface area (Å²) in [7, 11) is 0. The molecule has 2 aromatic carbocycles. The van der Waals surface area contributed by atoms with E-state index in [4.69, 9.17) is 32.7 Å². The Hall–Kier alpha value is -2.83. The molecule has 1 aliphatic heterocycles. The maximum Gasteiger partial charge on any atom is 0.254 e. The van der Waals surface area contributed by atoms with Crippen LogP contribution >= 0.6 is 23.2 Å². The quantitative estimate of drug-likeness (QED) is 0.280. The topological polar surface area (TPSA) is 68.2 Å². The third-order valence-electron chi connectivity index (χ3n) is 7.82. The van der Waals surface area contributed by atoms with Crippen molar-refractivity contribution in [2.75, 3.05) is 6.61 Å². The molecule has 2 amide bonds. The second-order valence-electron chi connectivity index (χ2n) is 9.62. The lowest BCUT2D eigenvalue weighted by molar-refractivity contribution is -0.141. The molecule has 3 fully saturated rings. The summed E-state index contributed by atoms with van der Waals surface area (Å²) >= 11 is 12.2. The van der Waals surface area contributed by atoms with Gasteiger partial charge in [-0.3, -0.25) is 9.59 Å². The van der Waals surface area contributed by atoms with Gasteiger partial charge in [-0.15, -0.1) is 0 Å². The van der Waals surface area contributed by atoms with Gasteiger partial charge in [-0.25, -0.2) is 0 Å². The van der Waals surface area contributed by atoms with Gasteiger partial charge in [0.05, 0.1) is 24.7 Å². The van der Waals surface area contributed by atoms with Crippen LogP contribution in [0.2, 0.25) is 10.0 Å². The predicted molar refractivity (Wildman–Crippen MR) is 133 cm³/mol. The summed E-state index contributed by atoms with van der Waals surface area (Å²) in [4.78, 5) is 26.2. The first-order valence-corrected chi connectivity index (χ1v) is 12.6. The van der Waals surface area contributed by atoms with Crippen molar-refractivity contribution in [2.45, 2.75) is 26.4 Å². The molecule has 35 heavy (non-hydrogen) atoms. The number of hydrogen-bond donors (Lipinski definition) is 0. The Kier molecular flexibility index (Phi) is 5.42. The van der Waals surface area contributed by atoms with Crippen LogP contribution in [0.15, 0.2) is 53.7 Å². The zero-order chi connectivity index (χ0) is 24.3. The van der Waals surface area contributed by atoms with Crippen LogP contribution in [-0.2, 0) is 16.2 Å². The van der Waals surface area contributed by atoms with Gasteiger partial charge >= 0.3 is 0 Å². The second kappa shape index (κ2) is 8.38. The first-order valence-electron chi connectivity index (χ1n) is 11.9. The van der Waals surface area contributed by atoms with Crippen LogP contribution in [0.3, 0.4) is 0 Å². The summed E-state index contributed by atoms with van der Waals surface area (Å²) in [6.45, 7) is 2.58. The van der Waals surface area contributed by atoms with E-state index in [9.17, 15) is 9.59 Å². The molecule has 4 atom stereocenters. The Morgan fingerprint density at radius 2 is 1.71 bits per heavy atom. The number of benzene rings is 2. The normalized spacial score (nSPS) is 27.3. The summed E-state index contributed by atoms with van der Waals surface area (Å²) < 4.78 is 11.7. The fraction of sp³-hybridized carbons (Fsp3) is 0.370. The molecule has 8 heteroatoms. The molecule has 0 unspecified atom stereocenters. The number of halogens is 2. The molecule has 6 nitrogen and oxygen atoms in total. The van der Waals surface area contributed by atoms with Gasteiger partial charge in [0.1, 0.15) is 6.61 Å². The minimum Gasteiger partial charge on any atom is -0.490 e. The van der Waals surface area contributed by atoms with E-state index < -0.39 is 0 Å². The van der Waals surface area contributed by atoms with Crippen molar-refractivity contribution < 1.29 is 19.1 Å². The third-order valence-corrected chi connectivity index (χ3v) is 8.40. The van der Waals surface area contributed by atoms with Crippen LogP contribution in [0.4, 0.5) is 0 Å². The van der Waals surface area contributed by atoms with Crippen molar-refractivity contribution in [3.8, 4) is 11.5 Å². The zero-order valence-corrected chi connectivity index (χ0v) is 20.6. The lowest BCUT2D eigenvalue weighted by Gasteiger charge is -2.18. The van der Waals surface area contributed by atoms with Gasteiger partial charge in [0.2, 0.25) is 0 Å². The van der Waals surface area contributed by atoms with E-state index in [1.54, 1.807) is 30.3 Å². The molecule has 0 N–H and O–H groups in total. The molecule has 4 aliphatic rings. The molecule has 2 bridgehead atoms. The number of fused-ring (bicyclic) bond motifs is 3. The van der Waals surface area contributed by atoms with Crippen molar-refractivity contribution in [1.29, 1.82) is 0 Å². The molecule has 2 aromatic rings. The number of imide groups is 1. The van der Waals surface area contributed by atoms with E-state index in [-0.39, 0.29) is 47.5 Å². The van der Waals surface area contributed by atoms with E-state index in [0.29, 0.717) is 33.7 Å². The number of carbonyl (C=O) groups excluding carboxylic acids is 2. The fourth-order valence-corrected chi connectivity index (χ4v) is 6.55. The molecular formula is C27H24Cl2N2O4. The zero-order valence-electron chi connectivity index (χ0n) is 19.1. The van der Waals surface area contributed by atoms with Crippen LogP contribution in [0.5, 0.6) is 11.5 Å². The molecule has 0 radical (unpaired) electrons. The summed E-state index contributed by atoms with van der Waals surface area (Å²) in [5, 5.41) is 6.47. The molecule has 3 aliphatic carbocycles. The number of hydrogen-bond acceptors (Lipinski definition) is 5. The Morgan fingerprint density at radius 1 is 1.00 bits per heavy atom. The Bertz CT molecular complexity index is 1250. The maximum absolute atomic E-state index is 13.1. The van der Waals surface area contributed by atoms with Crippen LogP contribution < -0.4 is 9.47 Å². The third kappa shape index (κ3) is 3.57.